The molecule has 0 saturated heterocycles. The molecule has 0 bridgehead atoms. The van der Waals surface area contributed by atoms with E-state index >= 15 is 0 Å². The Bertz CT molecular complexity index is 927. The highest BCUT2D eigenvalue weighted by molar-refractivity contribution is 9.11. The highest BCUT2D eigenvalue weighted by Crippen LogP contribution is 2.26. The van der Waals surface area contributed by atoms with Crippen LogP contribution in [0.5, 0.6) is 5.75 Å². The molecule has 0 aliphatic heterocycles. The van der Waals surface area contributed by atoms with Crippen molar-refractivity contribution < 1.29 is 19.4 Å². The molecular formula is C22H19Br2ClO4. The van der Waals surface area contributed by atoms with Gasteiger partial charge in [-0.1, -0.05) is 61.4 Å². The van der Waals surface area contributed by atoms with Crippen LogP contribution >= 0.6 is 43.5 Å². The van der Waals surface area contributed by atoms with Crippen LogP contribution in [0.2, 0.25) is 5.02 Å². The van der Waals surface area contributed by atoms with Gasteiger partial charge in [0.2, 0.25) is 0 Å². The first-order valence-corrected chi connectivity index (χ1v) is 10.7. The van der Waals surface area contributed by atoms with Crippen molar-refractivity contribution in [3.8, 4) is 17.6 Å². The summed E-state index contributed by atoms with van der Waals surface area (Å²) in [7, 11) is 0. The van der Waals surface area contributed by atoms with E-state index < -0.39 is 12.1 Å². The maximum absolute atomic E-state index is 11.2. The summed E-state index contributed by atoms with van der Waals surface area (Å²) in [4.78, 5) is 11.2. The fraction of sp³-hybridized carbons (Fsp3) is 0.227. The molecule has 2 rings (SSSR count). The van der Waals surface area contributed by atoms with Crippen molar-refractivity contribution >= 4 is 49.4 Å². The van der Waals surface area contributed by atoms with E-state index in [1.165, 1.54) is 0 Å². The van der Waals surface area contributed by atoms with Gasteiger partial charge in [0.25, 0.3) is 0 Å². The van der Waals surface area contributed by atoms with Crippen LogP contribution in [0.15, 0.2) is 57.5 Å². The minimum absolute atomic E-state index is 0.240. The predicted octanol–water partition coefficient (Wildman–Crippen LogP) is 5.88. The van der Waals surface area contributed by atoms with E-state index in [1.807, 2.05) is 18.2 Å². The van der Waals surface area contributed by atoms with Crippen molar-refractivity contribution in [2.45, 2.75) is 19.4 Å². The Morgan fingerprint density at radius 2 is 1.97 bits per heavy atom. The third-order valence-electron chi connectivity index (χ3n) is 3.68. The van der Waals surface area contributed by atoms with Gasteiger partial charge in [-0.2, -0.15) is 0 Å². The zero-order chi connectivity index (χ0) is 21.2. The van der Waals surface area contributed by atoms with Crippen LogP contribution in [0.25, 0.3) is 0 Å². The second kappa shape index (κ2) is 12.0. The number of rotatable bonds is 8. The first kappa shape index (κ1) is 23.5. The molecule has 7 heteroatoms. The van der Waals surface area contributed by atoms with Gasteiger partial charge in [0.05, 0.1) is 5.02 Å². The van der Waals surface area contributed by atoms with Crippen molar-refractivity contribution in [3.05, 3.63) is 73.6 Å². The lowest BCUT2D eigenvalue weighted by atomic mass is 10.1. The highest BCUT2D eigenvalue weighted by atomic mass is 79.9. The molecule has 152 valence electrons. The van der Waals surface area contributed by atoms with Crippen molar-refractivity contribution in [2.75, 3.05) is 13.2 Å². The van der Waals surface area contributed by atoms with Crippen LogP contribution in [-0.4, -0.2) is 30.4 Å². The van der Waals surface area contributed by atoms with Crippen LogP contribution in [0.3, 0.4) is 0 Å². The Morgan fingerprint density at radius 1 is 1.24 bits per heavy atom. The van der Waals surface area contributed by atoms with E-state index in [1.54, 1.807) is 37.3 Å². The molecular weight excluding hydrogens is 523 g/mol. The minimum atomic E-state index is -0.996. The van der Waals surface area contributed by atoms with Crippen LogP contribution < -0.4 is 4.74 Å². The normalized spacial score (nSPS) is 11.7. The summed E-state index contributed by atoms with van der Waals surface area (Å²) in [6.07, 6.45) is 2.86. The lowest BCUT2D eigenvalue weighted by Gasteiger charge is -2.13. The van der Waals surface area contributed by atoms with Crippen LogP contribution in [0, 0.1) is 11.8 Å². The minimum Gasteiger partial charge on any atom is -0.488 e. The average Bonchev–Trinajstić information content (AvgIpc) is 2.64. The van der Waals surface area contributed by atoms with Crippen molar-refractivity contribution in [1.29, 1.82) is 0 Å². The van der Waals surface area contributed by atoms with Gasteiger partial charge in [0.15, 0.2) is 6.10 Å². The third kappa shape index (κ3) is 8.23. The molecule has 1 atom stereocenters. The lowest BCUT2D eigenvalue weighted by molar-refractivity contribution is -0.149. The number of hydrogen-bond acceptors (Lipinski definition) is 3. The monoisotopic (exact) mass is 540 g/mol. The molecule has 0 amide bonds. The summed E-state index contributed by atoms with van der Waals surface area (Å²) in [5, 5.41) is 9.59. The second-order valence-corrected chi connectivity index (χ2v) is 8.13. The highest BCUT2D eigenvalue weighted by Gasteiger charge is 2.18. The molecule has 0 aliphatic carbocycles. The molecule has 2 aromatic carbocycles. The number of carboxylic acids is 1. The number of halogens is 3. The van der Waals surface area contributed by atoms with Crippen LogP contribution in [0.1, 0.15) is 18.1 Å². The fourth-order valence-corrected chi connectivity index (χ4v) is 3.97. The molecule has 2 aromatic rings. The Morgan fingerprint density at radius 3 is 2.59 bits per heavy atom. The van der Waals surface area contributed by atoms with Gasteiger partial charge >= 0.3 is 5.97 Å². The predicted molar refractivity (Wildman–Crippen MR) is 122 cm³/mol. The van der Waals surface area contributed by atoms with Gasteiger partial charge in [0, 0.05) is 27.5 Å². The van der Waals surface area contributed by atoms with E-state index in [0.29, 0.717) is 24.0 Å². The maximum atomic E-state index is 11.2. The van der Waals surface area contributed by atoms with Crippen molar-refractivity contribution in [2.24, 2.45) is 0 Å². The molecule has 0 saturated carbocycles. The first-order valence-electron chi connectivity index (χ1n) is 8.77. The molecule has 0 radical (unpaired) electrons. The topological polar surface area (TPSA) is 55.8 Å². The summed E-state index contributed by atoms with van der Waals surface area (Å²) in [6, 6.07) is 11.0. The third-order valence-corrected chi connectivity index (χ3v) is 4.89. The molecule has 1 N–H and O–H groups in total. The molecule has 0 aromatic heterocycles. The quantitative estimate of drug-likeness (QED) is 0.423. The van der Waals surface area contributed by atoms with Gasteiger partial charge in [-0.25, -0.2) is 4.79 Å². The van der Waals surface area contributed by atoms with Crippen LogP contribution in [0.4, 0.5) is 0 Å². The molecule has 0 unspecified atom stereocenters. The summed E-state index contributed by atoms with van der Waals surface area (Å²) in [5.41, 5.74) is 1.66. The molecule has 4 nitrogen and oxygen atoms in total. The van der Waals surface area contributed by atoms with E-state index in [4.69, 9.17) is 21.1 Å². The number of ether oxygens (including phenoxy) is 2. The molecule has 29 heavy (non-hydrogen) atoms. The number of allylic oxidation sites excluding steroid dienone is 1. The lowest BCUT2D eigenvalue weighted by Crippen LogP contribution is -2.26. The first-order chi connectivity index (χ1) is 13.9. The van der Waals surface area contributed by atoms with Crippen LogP contribution in [-0.2, 0) is 16.0 Å². The van der Waals surface area contributed by atoms with E-state index in [9.17, 15) is 9.90 Å². The molecule has 0 aliphatic rings. The zero-order valence-electron chi connectivity index (χ0n) is 15.6. The Labute approximate surface area is 192 Å². The Kier molecular flexibility index (Phi) is 9.75. The van der Waals surface area contributed by atoms with Gasteiger partial charge in [0.1, 0.15) is 12.4 Å². The van der Waals surface area contributed by atoms with E-state index in [-0.39, 0.29) is 6.42 Å². The largest absolute Gasteiger partial charge is 0.488 e. The number of carbonyl (C=O) groups is 1. The van der Waals surface area contributed by atoms with E-state index in [2.05, 4.69) is 43.7 Å². The number of benzene rings is 2. The summed E-state index contributed by atoms with van der Waals surface area (Å²) >= 11 is 13.1. The molecule has 0 fully saturated rings. The second-order valence-electron chi connectivity index (χ2n) is 5.89. The number of hydrogen-bond donors (Lipinski definition) is 1. The SMILES string of the molecule is CCO[C@@H](Cc1ccc(OCC=CC#Cc2cc(Br)cc(Br)c2)c(Cl)c1)C(=O)O. The van der Waals surface area contributed by atoms with Gasteiger partial charge in [-0.15, -0.1) is 0 Å². The fourth-order valence-electron chi connectivity index (χ4n) is 2.42. The van der Waals surface area contributed by atoms with Gasteiger partial charge < -0.3 is 14.6 Å². The van der Waals surface area contributed by atoms with Gasteiger partial charge in [-0.05, 0) is 55.0 Å². The maximum Gasteiger partial charge on any atom is 0.333 e. The summed E-state index contributed by atoms with van der Waals surface area (Å²) < 4.78 is 12.8. The van der Waals surface area contributed by atoms with Crippen molar-refractivity contribution in [1.82, 2.24) is 0 Å². The Balaban J connectivity index is 1.90. The number of aliphatic carboxylic acids is 1. The van der Waals surface area contributed by atoms with Crippen molar-refractivity contribution in [3.63, 3.8) is 0 Å². The smallest absolute Gasteiger partial charge is 0.333 e. The zero-order valence-corrected chi connectivity index (χ0v) is 19.6. The summed E-state index contributed by atoms with van der Waals surface area (Å²) in [6.45, 7) is 2.40. The number of carboxylic acid groups (broad SMARTS) is 1. The average molecular weight is 543 g/mol. The van der Waals surface area contributed by atoms with Gasteiger partial charge in [-0.3, -0.25) is 0 Å². The summed E-state index contributed by atoms with van der Waals surface area (Å²) in [5.74, 6) is 5.52. The Hall–Kier alpha value is -1.78. The standard InChI is InChI=1S/C22H19Br2ClO4/c1-2-28-21(22(26)27)13-16-7-8-20(19(25)12-16)29-9-5-3-4-6-15-10-17(23)14-18(24)11-15/h3,5,7-8,10-12,14,21H,2,9,13H2,1H3,(H,26,27)/t21-/m0/s1. The molecule has 0 heterocycles. The molecule has 0 spiro atoms. The van der Waals surface area contributed by atoms with E-state index in [0.717, 1.165) is 20.1 Å².